The van der Waals surface area contributed by atoms with Crippen LogP contribution in [-0.4, -0.2) is 49.8 Å². The van der Waals surface area contributed by atoms with Crippen molar-refractivity contribution in [2.24, 2.45) is 0 Å². The Morgan fingerprint density at radius 1 is 1.50 bits per heavy atom. The number of rotatable bonds is 6. The van der Waals surface area contributed by atoms with Crippen molar-refractivity contribution in [1.82, 2.24) is 10.2 Å². The van der Waals surface area contributed by atoms with Crippen LogP contribution in [-0.2, 0) is 4.74 Å². The number of hydrogen-bond donors (Lipinski definition) is 1. The highest BCUT2D eigenvalue weighted by atomic mass is 16.5. The zero-order valence-corrected chi connectivity index (χ0v) is 11.0. The van der Waals surface area contributed by atoms with Crippen molar-refractivity contribution in [2.75, 3.05) is 33.4 Å². The third-order valence-electron chi connectivity index (χ3n) is 3.95. The van der Waals surface area contributed by atoms with E-state index in [2.05, 4.69) is 30.6 Å². The summed E-state index contributed by atoms with van der Waals surface area (Å²) in [5.41, 5.74) is 0.201. The van der Waals surface area contributed by atoms with E-state index in [0.29, 0.717) is 6.04 Å². The highest BCUT2D eigenvalue weighted by Gasteiger charge is 2.37. The van der Waals surface area contributed by atoms with E-state index in [1.165, 1.54) is 0 Å². The Bertz CT molecular complexity index is 214. The fourth-order valence-corrected chi connectivity index (χ4v) is 2.61. The van der Waals surface area contributed by atoms with Crippen molar-refractivity contribution in [3.8, 4) is 0 Å². The van der Waals surface area contributed by atoms with E-state index < -0.39 is 0 Å². The minimum absolute atomic E-state index is 0.201. The van der Waals surface area contributed by atoms with E-state index in [1.54, 1.807) is 0 Å². The summed E-state index contributed by atoms with van der Waals surface area (Å²) < 4.78 is 5.43. The summed E-state index contributed by atoms with van der Waals surface area (Å²) in [6.45, 7) is 12.3. The van der Waals surface area contributed by atoms with Gasteiger partial charge in [0.1, 0.15) is 0 Å². The molecule has 16 heavy (non-hydrogen) atoms. The summed E-state index contributed by atoms with van der Waals surface area (Å²) in [5.74, 6) is 0. The third-order valence-corrected chi connectivity index (χ3v) is 3.95. The highest BCUT2D eigenvalue weighted by molar-refractivity contribution is 4.99. The Labute approximate surface area is 99.8 Å². The van der Waals surface area contributed by atoms with Crippen LogP contribution in [0.3, 0.4) is 0 Å². The van der Waals surface area contributed by atoms with Crippen LogP contribution in [0, 0.1) is 0 Å². The van der Waals surface area contributed by atoms with Crippen molar-refractivity contribution in [3.05, 3.63) is 12.7 Å². The maximum absolute atomic E-state index is 5.43. The molecule has 0 aromatic rings. The molecule has 0 aliphatic carbocycles. The van der Waals surface area contributed by atoms with Crippen molar-refractivity contribution in [2.45, 2.75) is 38.3 Å². The lowest BCUT2D eigenvalue weighted by Gasteiger charge is -2.47. The average Bonchev–Trinajstić information content (AvgIpc) is 2.36. The molecule has 0 spiro atoms. The number of morpholine rings is 1. The first-order valence-electron chi connectivity index (χ1n) is 6.30. The Hall–Kier alpha value is -0.380. The second-order valence-electron chi connectivity index (χ2n) is 4.68. The van der Waals surface area contributed by atoms with Crippen LogP contribution in [0.4, 0.5) is 0 Å². The molecule has 1 aliphatic rings. The first-order valence-corrected chi connectivity index (χ1v) is 6.30. The predicted octanol–water partition coefficient (Wildman–Crippen LogP) is 1.65. The standard InChI is InChI=1S/C13H26N2O/c1-5-7-12(14-4)13(3,6-2)15-8-10-16-11-9-15/h5,12,14H,1,6-11H2,2-4H3. The molecule has 1 aliphatic heterocycles. The molecule has 0 radical (unpaired) electrons. The van der Waals surface area contributed by atoms with Crippen LogP contribution >= 0.6 is 0 Å². The Kier molecular flexibility index (Phi) is 5.46. The van der Waals surface area contributed by atoms with Crippen LogP contribution < -0.4 is 5.32 Å². The first-order chi connectivity index (χ1) is 7.69. The number of ether oxygens (including phenoxy) is 1. The van der Waals surface area contributed by atoms with Crippen molar-refractivity contribution < 1.29 is 4.74 Å². The number of hydrogen-bond acceptors (Lipinski definition) is 3. The monoisotopic (exact) mass is 226 g/mol. The second kappa shape index (κ2) is 6.38. The maximum atomic E-state index is 5.43. The number of likely N-dealkylation sites (N-methyl/N-ethyl adjacent to an activating group) is 1. The zero-order chi connectivity index (χ0) is 12.0. The van der Waals surface area contributed by atoms with Gasteiger partial charge in [0.05, 0.1) is 13.2 Å². The van der Waals surface area contributed by atoms with Gasteiger partial charge < -0.3 is 10.1 Å². The lowest BCUT2D eigenvalue weighted by Crippen LogP contribution is -2.61. The molecule has 1 fully saturated rings. The second-order valence-corrected chi connectivity index (χ2v) is 4.68. The fourth-order valence-electron chi connectivity index (χ4n) is 2.61. The van der Waals surface area contributed by atoms with E-state index in [1.807, 2.05) is 13.1 Å². The van der Waals surface area contributed by atoms with E-state index in [0.717, 1.165) is 39.1 Å². The molecule has 0 bridgehead atoms. The maximum Gasteiger partial charge on any atom is 0.0594 e. The van der Waals surface area contributed by atoms with Gasteiger partial charge in [-0.2, -0.15) is 0 Å². The molecule has 1 rings (SSSR count). The molecule has 0 saturated carbocycles. The Morgan fingerprint density at radius 2 is 2.12 bits per heavy atom. The van der Waals surface area contributed by atoms with Crippen LogP contribution in [0.2, 0.25) is 0 Å². The first kappa shape index (κ1) is 13.7. The molecular formula is C13H26N2O. The van der Waals surface area contributed by atoms with Gasteiger partial charge in [-0.1, -0.05) is 13.0 Å². The number of nitrogens with zero attached hydrogens (tertiary/aromatic N) is 1. The van der Waals surface area contributed by atoms with Crippen LogP contribution in [0.25, 0.3) is 0 Å². The summed E-state index contributed by atoms with van der Waals surface area (Å²) in [5, 5.41) is 3.44. The minimum atomic E-state index is 0.201. The summed E-state index contributed by atoms with van der Waals surface area (Å²) in [7, 11) is 2.04. The lowest BCUT2D eigenvalue weighted by atomic mass is 9.85. The van der Waals surface area contributed by atoms with Gasteiger partial charge in [0.2, 0.25) is 0 Å². The molecule has 2 unspecified atom stereocenters. The van der Waals surface area contributed by atoms with Gasteiger partial charge in [-0.15, -0.1) is 6.58 Å². The largest absolute Gasteiger partial charge is 0.379 e. The molecule has 0 aromatic heterocycles. The third kappa shape index (κ3) is 2.84. The smallest absolute Gasteiger partial charge is 0.0594 e. The van der Waals surface area contributed by atoms with Gasteiger partial charge in [0.15, 0.2) is 0 Å². The molecular weight excluding hydrogens is 200 g/mol. The van der Waals surface area contributed by atoms with Crippen LogP contribution in [0.1, 0.15) is 26.7 Å². The van der Waals surface area contributed by atoms with Gasteiger partial charge in [-0.3, -0.25) is 4.90 Å². The molecule has 2 atom stereocenters. The summed E-state index contributed by atoms with van der Waals surface area (Å²) in [6.07, 6.45) is 4.17. The van der Waals surface area contributed by atoms with Gasteiger partial charge in [-0.05, 0) is 26.8 Å². The quantitative estimate of drug-likeness (QED) is 0.697. The average molecular weight is 226 g/mol. The van der Waals surface area contributed by atoms with Crippen molar-refractivity contribution in [1.29, 1.82) is 0 Å². The van der Waals surface area contributed by atoms with E-state index in [-0.39, 0.29) is 5.54 Å². The van der Waals surface area contributed by atoms with E-state index in [9.17, 15) is 0 Å². The normalized spacial score (nSPS) is 23.7. The molecule has 1 N–H and O–H groups in total. The van der Waals surface area contributed by atoms with E-state index >= 15 is 0 Å². The van der Waals surface area contributed by atoms with Crippen molar-refractivity contribution in [3.63, 3.8) is 0 Å². The van der Waals surface area contributed by atoms with Crippen molar-refractivity contribution >= 4 is 0 Å². The Balaban J connectivity index is 2.75. The molecule has 0 aromatic carbocycles. The molecule has 1 saturated heterocycles. The van der Waals surface area contributed by atoms with Gasteiger partial charge in [-0.25, -0.2) is 0 Å². The number of nitrogens with one attached hydrogen (secondary N) is 1. The minimum Gasteiger partial charge on any atom is -0.379 e. The predicted molar refractivity (Wildman–Crippen MR) is 68.7 cm³/mol. The molecule has 3 heteroatoms. The molecule has 3 nitrogen and oxygen atoms in total. The summed E-state index contributed by atoms with van der Waals surface area (Å²) in [6, 6.07) is 0.466. The van der Waals surface area contributed by atoms with Gasteiger partial charge in [0.25, 0.3) is 0 Å². The van der Waals surface area contributed by atoms with Gasteiger partial charge >= 0.3 is 0 Å². The van der Waals surface area contributed by atoms with Crippen LogP contribution in [0.5, 0.6) is 0 Å². The fraction of sp³-hybridized carbons (Fsp3) is 0.846. The van der Waals surface area contributed by atoms with Crippen LogP contribution in [0.15, 0.2) is 12.7 Å². The SMILES string of the molecule is C=CCC(NC)C(C)(CC)N1CCOCC1. The Morgan fingerprint density at radius 3 is 2.56 bits per heavy atom. The topological polar surface area (TPSA) is 24.5 Å². The highest BCUT2D eigenvalue weighted by Crippen LogP contribution is 2.26. The lowest BCUT2D eigenvalue weighted by molar-refractivity contribution is -0.0309. The molecule has 94 valence electrons. The zero-order valence-electron chi connectivity index (χ0n) is 11.0. The molecule has 1 heterocycles. The van der Waals surface area contributed by atoms with E-state index in [4.69, 9.17) is 4.74 Å². The molecule has 0 amide bonds. The van der Waals surface area contributed by atoms with Gasteiger partial charge in [0, 0.05) is 24.7 Å². The summed E-state index contributed by atoms with van der Waals surface area (Å²) >= 11 is 0. The summed E-state index contributed by atoms with van der Waals surface area (Å²) in [4.78, 5) is 2.56.